The third-order valence-corrected chi connectivity index (χ3v) is 3.78. The van der Waals surface area contributed by atoms with E-state index in [9.17, 15) is 4.79 Å². The highest BCUT2D eigenvalue weighted by Crippen LogP contribution is 2.43. The van der Waals surface area contributed by atoms with E-state index < -0.39 is 5.41 Å². The molecule has 0 aromatic heterocycles. The molecule has 0 bridgehead atoms. The summed E-state index contributed by atoms with van der Waals surface area (Å²) in [4.78, 5) is 12.5. The Hall–Kier alpha value is -2.09. The highest BCUT2D eigenvalue weighted by molar-refractivity contribution is 5.89. The second kappa shape index (κ2) is 6.57. The highest BCUT2D eigenvalue weighted by Gasteiger charge is 2.50. The van der Waals surface area contributed by atoms with E-state index in [0.717, 1.165) is 11.1 Å². The molecule has 0 radical (unpaired) electrons. The average Bonchev–Trinajstić information content (AvgIpc) is 2.86. The first-order valence-corrected chi connectivity index (χ1v) is 7.55. The zero-order valence-corrected chi connectivity index (χ0v) is 12.9. The normalized spacial score (nSPS) is 19.4. The van der Waals surface area contributed by atoms with E-state index in [4.69, 9.17) is 4.74 Å². The van der Waals surface area contributed by atoms with Crippen molar-refractivity contribution in [1.29, 1.82) is 0 Å². The number of carbonyl (C=O) groups excluding carboxylic acids is 1. The van der Waals surface area contributed by atoms with Gasteiger partial charge in [0.15, 0.2) is 0 Å². The van der Waals surface area contributed by atoms with Crippen LogP contribution in [0.15, 0.2) is 60.7 Å². The van der Waals surface area contributed by atoms with Crippen molar-refractivity contribution in [2.75, 3.05) is 0 Å². The second-order valence-electron chi connectivity index (χ2n) is 5.06. The van der Waals surface area contributed by atoms with Gasteiger partial charge in [-0.3, -0.25) is 4.79 Å². The molecule has 1 fully saturated rings. The minimum Gasteiger partial charge on any atom is -0.462 e. The van der Waals surface area contributed by atoms with E-state index in [-0.39, 0.29) is 12.1 Å². The summed E-state index contributed by atoms with van der Waals surface area (Å²) in [6.07, 6.45) is 0.646. The van der Waals surface area contributed by atoms with Crippen LogP contribution in [0.4, 0.5) is 0 Å². The molecule has 1 heterocycles. The summed E-state index contributed by atoms with van der Waals surface area (Å²) in [6, 6.07) is 19.8. The summed E-state index contributed by atoms with van der Waals surface area (Å²) in [6.45, 7) is 5.95. The number of esters is 1. The Morgan fingerprint density at radius 3 is 1.67 bits per heavy atom. The summed E-state index contributed by atoms with van der Waals surface area (Å²) in [5.41, 5.74) is 1.37. The molecule has 1 atom stereocenters. The molecular weight excluding hydrogens is 260 g/mol. The van der Waals surface area contributed by atoms with E-state index in [2.05, 4.69) is 0 Å². The number of rotatable bonds is 2. The lowest BCUT2D eigenvalue weighted by atomic mass is 9.72. The van der Waals surface area contributed by atoms with Crippen LogP contribution in [0.25, 0.3) is 0 Å². The van der Waals surface area contributed by atoms with Crippen molar-refractivity contribution < 1.29 is 9.53 Å². The zero-order valence-electron chi connectivity index (χ0n) is 12.9. The number of benzene rings is 2. The molecule has 2 nitrogen and oxygen atoms in total. The molecule has 2 aromatic carbocycles. The third kappa shape index (κ3) is 2.71. The van der Waals surface area contributed by atoms with Crippen molar-refractivity contribution in [3.63, 3.8) is 0 Å². The lowest BCUT2D eigenvalue weighted by Gasteiger charge is -2.26. The van der Waals surface area contributed by atoms with Crippen LogP contribution in [-0.2, 0) is 14.9 Å². The fourth-order valence-corrected chi connectivity index (χ4v) is 2.92. The van der Waals surface area contributed by atoms with Gasteiger partial charge in [0.05, 0.1) is 0 Å². The van der Waals surface area contributed by atoms with Crippen LogP contribution >= 0.6 is 0 Å². The van der Waals surface area contributed by atoms with Crippen LogP contribution in [-0.4, -0.2) is 12.1 Å². The minimum atomic E-state index is -0.651. The van der Waals surface area contributed by atoms with Crippen LogP contribution in [0.3, 0.4) is 0 Å². The lowest BCUT2D eigenvalue weighted by molar-refractivity contribution is -0.144. The summed E-state index contributed by atoms with van der Waals surface area (Å²) in [7, 11) is 0. The minimum absolute atomic E-state index is 0.0482. The first kappa shape index (κ1) is 15.3. The Morgan fingerprint density at radius 1 is 0.905 bits per heavy atom. The molecule has 0 N–H and O–H groups in total. The molecule has 1 unspecified atom stereocenters. The van der Waals surface area contributed by atoms with E-state index >= 15 is 0 Å². The number of carbonyl (C=O) groups is 1. The van der Waals surface area contributed by atoms with Crippen LogP contribution < -0.4 is 0 Å². The summed E-state index contributed by atoms with van der Waals surface area (Å²) >= 11 is 0. The maximum absolute atomic E-state index is 12.5. The SMILES string of the molecule is CC.CC1CC(c2ccccc2)(c2ccccc2)C(=O)O1. The Kier molecular flexibility index (Phi) is 4.79. The Labute approximate surface area is 126 Å². The van der Waals surface area contributed by atoms with Crippen LogP contribution in [0.5, 0.6) is 0 Å². The average molecular weight is 282 g/mol. The fraction of sp³-hybridized carbons (Fsp3) is 0.316. The van der Waals surface area contributed by atoms with Gasteiger partial charge in [0, 0.05) is 6.42 Å². The number of cyclic esters (lactones) is 1. The van der Waals surface area contributed by atoms with Crippen molar-refractivity contribution in [1.82, 2.24) is 0 Å². The van der Waals surface area contributed by atoms with Gasteiger partial charge in [-0.15, -0.1) is 0 Å². The Balaban J connectivity index is 0.000000774. The first-order valence-electron chi connectivity index (χ1n) is 7.55. The van der Waals surface area contributed by atoms with Crippen molar-refractivity contribution in [3.05, 3.63) is 71.8 Å². The van der Waals surface area contributed by atoms with Gasteiger partial charge in [-0.2, -0.15) is 0 Å². The molecular formula is C19H22O2. The Morgan fingerprint density at radius 2 is 1.33 bits per heavy atom. The van der Waals surface area contributed by atoms with Gasteiger partial charge >= 0.3 is 5.97 Å². The largest absolute Gasteiger partial charge is 0.462 e. The van der Waals surface area contributed by atoms with E-state index in [1.165, 1.54) is 0 Å². The van der Waals surface area contributed by atoms with E-state index in [1.54, 1.807) is 0 Å². The molecule has 1 aliphatic heterocycles. The highest BCUT2D eigenvalue weighted by atomic mass is 16.6. The second-order valence-corrected chi connectivity index (χ2v) is 5.06. The molecule has 2 aromatic rings. The van der Waals surface area contributed by atoms with Crippen LogP contribution in [0.1, 0.15) is 38.3 Å². The molecule has 3 rings (SSSR count). The van der Waals surface area contributed by atoms with Crippen LogP contribution in [0.2, 0.25) is 0 Å². The Bertz CT molecular complexity index is 536. The van der Waals surface area contributed by atoms with Gasteiger partial charge in [-0.25, -0.2) is 0 Å². The van der Waals surface area contributed by atoms with E-state index in [0.29, 0.717) is 6.42 Å². The zero-order chi connectivity index (χ0) is 15.3. The summed E-state index contributed by atoms with van der Waals surface area (Å²) in [5, 5.41) is 0. The molecule has 0 aliphatic carbocycles. The van der Waals surface area contributed by atoms with Crippen molar-refractivity contribution in [2.45, 2.75) is 38.7 Å². The van der Waals surface area contributed by atoms with Crippen molar-refractivity contribution in [2.24, 2.45) is 0 Å². The van der Waals surface area contributed by atoms with Gasteiger partial charge in [0.2, 0.25) is 0 Å². The third-order valence-electron chi connectivity index (χ3n) is 3.78. The van der Waals surface area contributed by atoms with Gasteiger partial charge < -0.3 is 4.74 Å². The molecule has 110 valence electrons. The van der Waals surface area contributed by atoms with Crippen LogP contribution in [0, 0.1) is 0 Å². The molecule has 0 amide bonds. The van der Waals surface area contributed by atoms with Gasteiger partial charge in [0.25, 0.3) is 0 Å². The van der Waals surface area contributed by atoms with Crippen molar-refractivity contribution >= 4 is 5.97 Å². The topological polar surface area (TPSA) is 26.3 Å². The maximum atomic E-state index is 12.5. The summed E-state index contributed by atoms with van der Waals surface area (Å²) in [5.74, 6) is -0.141. The smallest absolute Gasteiger partial charge is 0.321 e. The predicted molar refractivity (Wildman–Crippen MR) is 85.2 cm³/mol. The summed E-state index contributed by atoms with van der Waals surface area (Å²) < 4.78 is 5.45. The fourth-order valence-electron chi connectivity index (χ4n) is 2.92. The number of hydrogen-bond donors (Lipinski definition) is 0. The molecule has 0 saturated carbocycles. The number of ether oxygens (including phenoxy) is 1. The van der Waals surface area contributed by atoms with Crippen molar-refractivity contribution in [3.8, 4) is 0 Å². The number of hydrogen-bond acceptors (Lipinski definition) is 2. The molecule has 1 aliphatic rings. The molecule has 21 heavy (non-hydrogen) atoms. The molecule has 2 heteroatoms. The molecule has 1 saturated heterocycles. The van der Waals surface area contributed by atoms with Gasteiger partial charge in [-0.05, 0) is 18.1 Å². The molecule has 0 spiro atoms. The standard InChI is InChI=1S/C17H16O2.C2H6/c1-13-12-17(16(18)19-13,14-8-4-2-5-9-14)15-10-6-3-7-11-15;1-2/h2-11,13H,12H2,1H3;1-2H3. The first-order chi connectivity index (χ1) is 10.2. The lowest BCUT2D eigenvalue weighted by Crippen LogP contribution is -2.32. The van der Waals surface area contributed by atoms with E-state index in [1.807, 2.05) is 81.4 Å². The van der Waals surface area contributed by atoms with Gasteiger partial charge in [-0.1, -0.05) is 74.5 Å². The predicted octanol–water partition coefficient (Wildman–Crippen LogP) is 4.33. The van der Waals surface area contributed by atoms with Gasteiger partial charge in [0.1, 0.15) is 11.5 Å². The maximum Gasteiger partial charge on any atom is 0.321 e. The quantitative estimate of drug-likeness (QED) is 0.766. The monoisotopic (exact) mass is 282 g/mol.